The predicted octanol–water partition coefficient (Wildman–Crippen LogP) is 3.13. The number of hydrogen-bond donors (Lipinski definition) is 0. The molecule has 4 rings (SSSR count). The number of nitrogens with zero attached hydrogens (tertiary/aromatic N) is 4. The second-order valence-corrected chi connectivity index (χ2v) is 7.95. The molecule has 0 aliphatic carbocycles. The summed E-state index contributed by atoms with van der Waals surface area (Å²) in [5.74, 6) is -0.103. The maximum absolute atomic E-state index is 13.0. The van der Waals surface area contributed by atoms with E-state index in [2.05, 4.69) is 4.99 Å². The Labute approximate surface area is 178 Å². The fourth-order valence-corrected chi connectivity index (χ4v) is 4.37. The molecule has 8 heteroatoms. The molecule has 2 heterocycles. The molecule has 1 aliphatic rings. The average Bonchev–Trinajstić information content (AvgIpc) is 3.15. The highest BCUT2D eigenvalue weighted by molar-refractivity contribution is 8.18. The summed E-state index contributed by atoms with van der Waals surface area (Å²) in [6, 6.07) is 15.3. The quantitative estimate of drug-likeness (QED) is 0.593. The second kappa shape index (κ2) is 8.33. The molecule has 0 unspecified atom stereocenters. The number of amides is 1. The molecule has 154 valence electrons. The monoisotopic (exact) mass is 422 g/mol. The Morgan fingerprint density at radius 1 is 1.03 bits per heavy atom. The van der Waals surface area contributed by atoms with Crippen LogP contribution >= 0.6 is 11.8 Å². The number of fused-ring (bicyclic) bond motifs is 1. The smallest absolute Gasteiger partial charge is 0.328 e. The number of aryl methyl sites for hydroxylation is 2. The lowest BCUT2D eigenvalue weighted by Gasteiger charge is -2.14. The summed E-state index contributed by atoms with van der Waals surface area (Å²) < 4.78 is 8.38. The van der Waals surface area contributed by atoms with Gasteiger partial charge in [0.2, 0.25) is 0 Å². The second-order valence-electron chi connectivity index (χ2n) is 6.94. The Morgan fingerprint density at radius 2 is 1.77 bits per heavy atom. The van der Waals surface area contributed by atoms with E-state index in [1.165, 1.54) is 11.8 Å². The van der Waals surface area contributed by atoms with Crippen LogP contribution in [0, 0.1) is 0 Å². The van der Waals surface area contributed by atoms with Crippen LogP contribution in [0.5, 0.6) is 0 Å². The summed E-state index contributed by atoms with van der Waals surface area (Å²) in [6.45, 7) is 0.850. The molecule has 0 bridgehead atoms. The van der Waals surface area contributed by atoms with Gasteiger partial charge in [0.25, 0.3) is 5.91 Å². The molecule has 0 saturated carbocycles. The van der Waals surface area contributed by atoms with E-state index >= 15 is 0 Å². The van der Waals surface area contributed by atoms with Gasteiger partial charge in [0, 0.05) is 21.2 Å². The SMILES string of the molecule is COCCN1C(=O)/C(=C\c2ccc3c(c2)n(C)c(=O)n3C)SC1=Nc1ccccc1. The van der Waals surface area contributed by atoms with Crippen molar-refractivity contribution < 1.29 is 9.53 Å². The first kappa shape index (κ1) is 20.2. The van der Waals surface area contributed by atoms with Crippen molar-refractivity contribution in [3.63, 3.8) is 0 Å². The normalized spacial score (nSPS) is 17.0. The number of carbonyl (C=O) groups is 1. The van der Waals surface area contributed by atoms with Gasteiger partial charge in [-0.1, -0.05) is 24.3 Å². The van der Waals surface area contributed by atoms with Gasteiger partial charge in [0.05, 0.1) is 34.8 Å². The van der Waals surface area contributed by atoms with Gasteiger partial charge in [-0.25, -0.2) is 9.79 Å². The van der Waals surface area contributed by atoms with Gasteiger partial charge >= 0.3 is 5.69 Å². The minimum Gasteiger partial charge on any atom is -0.383 e. The van der Waals surface area contributed by atoms with Gasteiger partial charge in [0.1, 0.15) is 0 Å². The highest BCUT2D eigenvalue weighted by Gasteiger charge is 2.33. The molecule has 7 nitrogen and oxygen atoms in total. The van der Waals surface area contributed by atoms with Crippen LogP contribution in [0.3, 0.4) is 0 Å². The van der Waals surface area contributed by atoms with E-state index < -0.39 is 0 Å². The molecule has 1 aromatic heterocycles. The zero-order valence-corrected chi connectivity index (χ0v) is 17.8. The minimum absolute atomic E-state index is 0.0795. The number of aliphatic imine (C=N–C) groups is 1. The number of hydrogen-bond acceptors (Lipinski definition) is 5. The van der Waals surface area contributed by atoms with E-state index in [1.807, 2.05) is 54.6 Å². The van der Waals surface area contributed by atoms with Crippen LogP contribution in [-0.2, 0) is 23.6 Å². The third-order valence-corrected chi connectivity index (χ3v) is 5.99. The molecule has 1 amide bonds. The molecule has 30 heavy (non-hydrogen) atoms. The first-order valence-corrected chi connectivity index (χ1v) is 10.3. The van der Waals surface area contributed by atoms with Crippen molar-refractivity contribution in [1.29, 1.82) is 0 Å². The lowest BCUT2D eigenvalue weighted by molar-refractivity contribution is -0.122. The molecule has 1 saturated heterocycles. The number of carbonyl (C=O) groups excluding carboxylic acids is 1. The number of amidine groups is 1. The molecular formula is C22H22N4O3S. The summed E-state index contributed by atoms with van der Waals surface area (Å²) in [6.07, 6.45) is 1.84. The zero-order valence-electron chi connectivity index (χ0n) is 17.0. The maximum atomic E-state index is 13.0. The first-order valence-electron chi connectivity index (χ1n) is 9.49. The molecule has 0 atom stereocenters. The van der Waals surface area contributed by atoms with Gasteiger partial charge < -0.3 is 4.74 Å². The molecule has 1 fully saturated rings. The summed E-state index contributed by atoms with van der Waals surface area (Å²) in [7, 11) is 5.10. The molecule has 1 aliphatic heterocycles. The van der Waals surface area contributed by atoms with Crippen LogP contribution in [0.2, 0.25) is 0 Å². The Balaban J connectivity index is 1.71. The van der Waals surface area contributed by atoms with E-state index in [4.69, 9.17) is 4.74 Å². The number of rotatable bonds is 5. The molecule has 0 radical (unpaired) electrons. The highest BCUT2D eigenvalue weighted by Crippen LogP contribution is 2.34. The van der Waals surface area contributed by atoms with Crippen molar-refractivity contribution in [1.82, 2.24) is 14.0 Å². The Morgan fingerprint density at radius 3 is 2.50 bits per heavy atom. The van der Waals surface area contributed by atoms with Crippen LogP contribution in [0.4, 0.5) is 5.69 Å². The number of para-hydroxylation sites is 1. The molecule has 2 aromatic carbocycles. The molecular weight excluding hydrogens is 400 g/mol. The van der Waals surface area contributed by atoms with Crippen molar-refractivity contribution in [2.45, 2.75) is 0 Å². The molecule has 3 aromatic rings. The zero-order chi connectivity index (χ0) is 21.3. The van der Waals surface area contributed by atoms with E-state index in [0.717, 1.165) is 22.3 Å². The molecule has 0 N–H and O–H groups in total. The summed E-state index contributed by atoms with van der Waals surface area (Å²) in [4.78, 5) is 32.1. The van der Waals surface area contributed by atoms with Gasteiger partial charge in [0.15, 0.2) is 5.17 Å². The van der Waals surface area contributed by atoms with Gasteiger partial charge in [-0.05, 0) is 47.7 Å². The van der Waals surface area contributed by atoms with Crippen molar-refractivity contribution >= 4 is 45.6 Å². The number of thioether (sulfide) groups is 1. The van der Waals surface area contributed by atoms with Crippen LogP contribution in [0.1, 0.15) is 5.56 Å². The van der Waals surface area contributed by atoms with Crippen molar-refractivity contribution in [3.8, 4) is 0 Å². The average molecular weight is 423 g/mol. The number of methoxy groups -OCH3 is 1. The fraction of sp³-hybridized carbons (Fsp3) is 0.227. The van der Waals surface area contributed by atoms with Crippen LogP contribution in [-0.4, -0.2) is 45.4 Å². The summed E-state index contributed by atoms with van der Waals surface area (Å²) in [5.41, 5.74) is 3.23. The lowest BCUT2D eigenvalue weighted by atomic mass is 10.2. The summed E-state index contributed by atoms with van der Waals surface area (Å²) >= 11 is 1.34. The number of aromatic nitrogens is 2. The van der Waals surface area contributed by atoms with Crippen molar-refractivity contribution in [2.24, 2.45) is 19.1 Å². The standard InChI is InChI=1S/C22H22N4O3S/c1-24-17-10-9-15(13-18(17)25(2)22(24)28)14-19-20(27)26(11-12-29-3)21(30-19)23-16-7-5-4-6-8-16/h4-10,13-14H,11-12H2,1-3H3/b19-14+,23-21?. The van der Waals surface area contributed by atoms with Crippen LogP contribution in [0.25, 0.3) is 17.1 Å². The number of ether oxygens (including phenoxy) is 1. The maximum Gasteiger partial charge on any atom is 0.328 e. The van der Waals surface area contributed by atoms with Gasteiger partial charge in [-0.2, -0.15) is 0 Å². The van der Waals surface area contributed by atoms with E-state index in [0.29, 0.717) is 23.2 Å². The Hall–Kier alpha value is -3.10. The van der Waals surface area contributed by atoms with Gasteiger partial charge in [-0.3, -0.25) is 18.8 Å². The predicted molar refractivity (Wildman–Crippen MR) is 121 cm³/mol. The third-order valence-electron chi connectivity index (χ3n) is 4.98. The minimum atomic E-state index is -0.103. The van der Waals surface area contributed by atoms with E-state index in [1.54, 1.807) is 35.2 Å². The van der Waals surface area contributed by atoms with E-state index in [-0.39, 0.29) is 11.6 Å². The molecule has 0 spiro atoms. The van der Waals surface area contributed by atoms with Crippen LogP contribution < -0.4 is 5.69 Å². The Kier molecular flexibility index (Phi) is 5.61. The highest BCUT2D eigenvalue weighted by atomic mass is 32.2. The van der Waals surface area contributed by atoms with Crippen molar-refractivity contribution in [3.05, 3.63) is 69.5 Å². The number of benzene rings is 2. The number of imidazole rings is 1. The van der Waals surface area contributed by atoms with Crippen molar-refractivity contribution in [2.75, 3.05) is 20.3 Å². The fourth-order valence-electron chi connectivity index (χ4n) is 3.35. The Bertz CT molecular complexity index is 1220. The van der Waals surface area contributed by atoms with E-state index in [9.17, 15) is 9.59 Å². The van der Waals surface area contributed by atoms with Crippen LogP contribution in [0.15, 0.2) is 63.2 Å². The third kappa shape index (κ3) is 3.71. The largest absolute Gasteiger partial charge is 0.383 e. The first-order chi connectivity index (χ1) is 14.5. The van der Waals surface area contributed by atoms with Gasteiger partial charge in [-0.15, -0.1) is 0 Å². The summed E-state index contributed by atoms with van der Waals surface area (Å²) in [5, 5.41) is 0.627. The topological polar surface area (TPSA) is 68.8 Å². The lowest BCUT2D eigenvalue weighted by Crippen LogP contribution is -2.32.